The summed E-state index contributed by atoms with van der Waals surface area (Å²) in [5, 5.41) is 9.14. The minimum Gasteiger partial charge on any atom is -0.508 e. The van der Waals surface area contributed by atoms with Crippen LogP contribution in [0.25, 0.3) is 11.7 Å². The molecule has 0 amide bonds. The van der Waals surface area contributed by atoms with Crippen molar-refractivity contribution in [1.29, 1.82) is 0 Å². The zero-order chi connectivity index (χ0) is 14.5. The van der Waals surface area contributed by atoms with Crippen LogP contribution in [0.15, 0.2) is 48.5 Å². The van der Waals surface area contributed by atoms with Crippen molar-refractivity contribution in [2.75, 3.05) is 0 Å². The van der Waals surface area contributed by atoms with Crippen LogP contribution in [0.3, 0.4) is 0 Å². The monoisotopic (exact) mass is 274 g/mol. The zero-order valence-corrected chi connectivity index (χ0v) is 11.2. The molecule has 0 unspecified atom stereocenters. The van der Waals surface area contributed by atoms with Crippen molar-refractivity contribution in [3.63, 3.8) is 0 Å². The Kier molecular flexibility index (Phi) is 4.51. The number of rotatable bonds is 4. The summed E-state index contributed by atoms with van der Waals surface area (Å²) in [7, 11) is 0. The van der Waals surface area contributed by atoms with Crippen LogP contribution in [0.4, 0.5) is 8.78 Å². The second-order valence-corrected chi connectivity index (χ2v) is 4.62. The molecule has 0 aliphatic rings. The number of benzene rings is 2. The van der Waals surface area contributed by atoms with E-state index >= 15 is 0 Å². The highest BCUT2D eigenvalue weighted by molar-refractivity contribution is 5.83. The Morgan fingerprint density at radius 3 is 1.75 bits per heavy atom. The molecule has 2 rings (SSSR count). The summed E-state index contributed by atoms with van der Waals surface area (Å²) in [5.41, 5.74) is 1.43. The molecule has 1 nitrogen and oxygen atoms in total. The topological polar surface area (TPSA) is 20.2 Å². The highest BCUT2D eigenvalue weighted by Crippen LogP contribution is 2.29. The lowest BCUT2D eigenvalue weighted by Gasteiger charge is -2.04. The van der Waals surface area contributed by atoms with E-state index in [0.29, 0.717) is 0 Å². The number of phenolic OH excluding ortho intramolecular Hbond substituents is 1. The van der Waals surface area contributed by atoms with E-state index in [0.717, 1.165) is 18.4 Å². The molecule has 20 heavy (non-hydrogen) atoms. The van der Waals surface area contributed by atoms with Gasteiger partial charge >= 0.3 is 0 Å². The molecule has 0 atom stereocenters. The maximum atomic E-state index is 14.1. The van der Waals surface area contributed by atoms with Gasteiger partial charge in [-0.25, -0.2) is 8.78 Å². The highest BCUT2D eigenvalue weighted by Gasteiger charge is 2.11. The van der Waals surface area contributed by atoms with Gasteiger partial charge in [-0.1, -0.05) is 37.6 Å². The SMILES string of the molecule is CCCc1ccc(/C(F)=C(\F)c2ccc(O)cc2)cc1. The lowest BCUT2D eigenvalue weighted by atomic mass is 10.1. The van der Waals surface area contributed by atoms with Crippen LogP contribution in [0.1, 0.15) is 30.0 Å². The van der Waals surface area contributed by atoms with Gasteiger partial charge in [-0.2, -0.15) is 0 Å². The molecule has 0 radical (unpaired) electrons. The van der Waals surface area contributed by atoms with E-state index in [4.69, 9.17) is 5.11 Å². The predicted octanol–water partition coefficient (Wildman–Crippen LogP) is 5.11. The Morgan fingerprint density at radius 2 is 1.30 bits per heavy atom. The Morgan fingerprint density at radius 1 is 0.850 bits per heavy atom. The summed E-state index contributed by atoms with van der Waals surface area (Å²) in [6, 6.07) is 12.1. The third kappa shape index (κ3) is 3.23. The average Bonchev–Trinajstić information content (AvgIpc) is 2.48. The van der Waals surface area contributed by atoms with E-state index in [2.05, 4.69) is 6.92 Å². The van der Waals surface area contributed by atoms with Crippen molar-refractivity contribution in [2.24, 2.45) is 0 Å². The lowest BCUT2D eigenvalue weighted by molar-refractivity contribution is 0.475. The maximum absolute atomic E-state index is 14.1. The van der Waals surface area contributed by atoms with Crippen LogP contribution >= 0.6 is 0 Å². The molecule has 0 spiro atoms. The Bertz CT molecular complexity index is 598. The van der Waals surface area contributed by atoms with Gasteiger partial charge in [0.2, 0.25) is 0 Å². The first-order valence-electron chi connectivity index (χ1n) is 6.55. The van der Waals surface area contributed by atoms with Crippen molar-refractivity contribution in [1.82, 2.24) is 0 Å². The maximum Gasteiger partial charge on any atom is 0.166 e. The van der Waals surface area contributed by atoms with Crippen LogP contribution < -0.4 is 0 Å². The molecule has 0 heterocycles. The first kappa shape index (κ1) is 14.3. The fraction of sp³-hybridized carbons (Fsp3) is 0.176. The Labute approximate surface area is 117 Å². The minimum atomic E-state index is -0.923. The van der Waals surface area contributed by atoms with Crippen molar-refractivity contribution in [3.05, 3.63) is 65.2 Å². The molecular formula is C17H16F2O. The first-order valence-corrected chi connectivity index (χ1v) is 6.55. The number of hydrogen-bond acceptors (Lipinski definition) is 1. The first-order chi connectivity index (χ1) is 9.61. The second kappa shape index (κ2) is 6.33. The smallest absolute Gasteiger partial charge is 0.166 e. The summed E-state index contributed by atoms with van der Waals surface area (Å²) in [6.07, 6.45) is 1.94. The summed E-state index contributed by atoms with van der Waals surface area (Å²) in [5.74, 6) is -1.79. The van der Waals surface area contributed by atoms with Gasteiger partial charge in [0.25, 0.3) is 0 Å². The van der Waals surface area contributed by atoms with E-state index in [-0.39, 0.29) is 16.9 Å². The Balaban J connectivity index is 2.30. The summed E-state index contributed by atoms with van der Waals surface area (Å²) in [4.78, 5) is 0. The molecule has 0 aromatic heterocycles. The van der Waals surface area contributed by atoms with Crippen LogP contribution in [-0.4, -0.2) is 5.11 Å². The van der Waals surface area contributed by atoms with Gasteiger partial charge in [-0.15, -0.1) is 0 Å². The number of aryl methyl sites for hydroxylation is 1. The third-order valence-corrected chi connectivity index (χ3v) is 3.06. The standard InChI is InChI=1S/C17H16F2O/c1-2-3-12-4-6-13(7-5-12)16(18)17(19)14-8-10-15(20)11-9-14/h4-11,20H,2-3H2,1H3/b17-16+. The number of hydrogen-bond donors (Lipinski definition) is 1. The molecule has 0 aliphatic carbocycles. The van der Waals surface area contributed by atoms with Gasteiger partial charge in [0, 0.05) is 11.1 Å². The fourth-order valence-electron chi connectivity index (χ4n) is 1.97. The van der Waals surface area contributed by atoms with Crippen molar-refractivity contribution in [3.8, 4) is 5.75 Å². The zero-order valence-electron chi connectivity index (χ0n) is 11.2. The van der Waals surface area contributed by atoms with Crippen LogP contribution in [0.5, 0.6) is 5.75 Å². The van der Waals surface area contributed by atoms with Crippen LogP contribution in [0, 0.1) is 0 Å². The molecule has 0 saturated heterocycles. The van der Waals surface area contributed by atoms with Gasteiger partial charge in [0.1, 0.15) is 5.75 Å². The predicted molar refractivity (Wildman–Crippen MR) is 77.6 cm³/mol. The van der Waals surface area contributed by atoms with E-state index in [1.807, 2.05) is 12.1 Å². The van der Waals surface area contributed by atoms with Gasteiger partial charge in [0.15, 0.2) is 11.7 Å². The molecule has 0 fully saturated rings. The van der Waals surface area contributed by atoms with Gasteiger partial charge in [0.05, 0.1) is 0 Å². The number of aromatic hydroxyl groups is 1. The van der Waals surface area contributed by atoms with E-state index in [9.17, 15) is 8.78 Å². The summed E-state index contributed by atoms with van der Waals surface area (Å²) < 4.78 is 28.1. The average molecular weight is 274 g/mol. The molecule has 0 saturated carbocycles. The van der Waals surface area contributed by atoms with Crippen molar-refractivity contribution < 1.29 is 13.9 Å². The minimum absolute atomic E-state index is 0.0193. The van der Waals surface area contributed by atoms with Crippen molar-refractivity contribution in [2.45, 2.75) is 19.8 Å². The third-order valence-electron chi connectivity index (χ3n) is 3.06. The van der Waals surface area contributed by atoms with E-state index < -0.39 is 11.7 Å². The summed E-state index contributed by atoms with van der Waals surface area (Å²) >= 11 is 0. The molecule has 0 bridgehead atoms. The normalized spacial score (nSPS) is 12.2. The number of halogens is 2. The molecule has 2 aromatic rings. The molecular weight excluding hydrogens is 258 g/mol. The lowest BCUT2D eigenvalue weighted by Crippen LogP contribution is -1.87. The molecule has 3 heteroatoms. The van der Waals surface area contributed by atoms with E-state index in [1.165, 1.54) is 24.3 Å². The summed E-state index contributed by atoms with van der Waals surface area (Å²) in [6.45, 7) is 2.07. The van der Waals surface area contributed by atoms with Gasteiger partial charge < -0.3 is 5.11 Å². The molecule has 104 valence electrons. The molecule has 2 aromatic carbocycles. The number of phenols is 1. The van der Waals surface area contributed by atoms with Crippen LogP contribution in [0.2, 0.25) is 0 Å². The van der Waals surface area contributed by atoms with Gasteiger partial charge in [-0.05, 0) is 36.2 Å². The Hall–Kier alpha value is -2.16. The second-order valence-electron chi connectivity index (χ2n) is 4.62. The van der Waals surface area contributed by atoms with Crippen LogP contribution in [-0.2, 0) is 6.42 Å². The quantitative estimate of drug-likeness (QED) is 0.768. The van der Waals surface area contributed by atoms with Gasteiger partial charge in [-0.3, -0.25) is 0 Å². The fourth-order valence-corrected chi connectivity index (χ4v) is 1.97. The molecule has 1 N–H and O–H groups in total. The van der Waals surface area contributed by atoms with Crippen molar-refractivity contribution >= 4 is 11.7 Å². The molecule has 0 aliphatic heterocycles. The highest BCUT2D eigenvalue weighted by atomic mass is 19.2. The largest absolute Gasteiger partial charge is 0.508 e. The van der Waals surface area contributed by atoms with E-state index in [1.54, 1.807) is 12.1 Å².